The second-order valence-corrected chi connectivity index (χ2v) is 6.96. The van der Waals surface area contributed by atoms with Crippen molar-refractivity contribution in [3.63, 3.8) is 0 Å². The van der Waals surface area contributed by atoms with Crippen LogP contribution in [0.15, 0.2) is 30.3 Å². The van der Waals surface area contributed by atoms with E-state index in [4.69, 9.17) is 4.74 Å². The Kier molecular flexibility index (Phi) is 7.85. The normalized spacial score (nSPS) is 10.8. The van der Waals surface area contributed by atoms with E-state index in [0.29, 0.717) is 36.5 Å². The summed E-state index contributed by atoms with van der Waals surface area (Å²) in [5.74, 6) is -0.391. The summed E-state index contributed by atoms with van der Waals surface area (Å²) in [5.41, 5.74) is 3.68. The molecule has 0 aliphatic rings. The number of benzene rings is 1. The Morgan fingerprint density at radius 1 is 1.07 bits per heavy atom. The number of carbonyl (C=O) groups is 2. The smallest absolute Gasteiger partial charge is 0.355 e. The van der Waals surface area contributed by atoms with Crippen LogP contribution in [0.3, 0.4) is 0 Å². The molecule has 0 aliphatic heterocycles. The Hall–Kier alpha value is -2.56. The molecule has 5 heteroatoms. The second kappa shape index (κ2) is 10.1. The lowest BCUT2D eigenvalue weighted by atomic mass is 10.1. The highest BCUT2D eigenvalue weighted by atomic mass is 16.5. The summed E-state index contributed by atoms with van der Waals surface area (Å²) in [7, 11) is 0. The Morgan fingerprint density at radius 2 is 1.75 bits per heavy atom. The average Bonchev–Trinajstić information content (AvgIpc) is 2.93. The molecule has 0 atom stereocenters. The largest absolute Gasteiger partial charge is 0.461 e. The number of carbonyl (C=O) groups excluding carboxylic acids is 2. The molecule has 0 saturated heterocycles. The first kappa shape index (κ1) is 21.7. The molecular formula is C23H32N2O3. The lowest BCUT2D eigenvalue weighted by Crippen LogP contribution is -2.32. The highest BCUT2D eigenvalue weighted by Gasteiger charge is 2.29. The second-order valence-electron chi connectivity index (χ2n) is 6.96. The lowest BCUT2D eigenvalue weighted by molar-refractivity contribution is 0.0513. The van der Waals surface area contributed by atoms with Gasteiger partial charge in [0.1, 0.15) is 5.69 Å². The molecule has 1 aromatic carbocycles. The molecular weight excluding hydrogens is 352 g/mol. The molecule has 0 aliphatic carbocycles. The van der Waals surface area contributed by atoms with E-state index in [-0.39, 0.29) is 11.9 Å². The zero-order valence-electron chi connectivity index (χ0n) is 17.7. The van der Waals surface area contributed by atoms with Crippen LogP contribution >= 0.6 is 0 Å². The first-order valence-corrected chi connectivity index (χ1v) is 10.2. The fourth-order valence-electron chi connectivity index (χ4n) is 3.55. The van der Waals surface area contributed by atoms with Gasteiger partial charge < -0.3 is 14.2 Å². The van der Waals surface area contributed by atoms with E-state index in [1.165, 1.54) is 0 Å². The maximum Gasteiger partial charge on any atom is 0.355 e. The monoisotopic (exact) mass is 384 g/mol. The topological polar surface area (TPSA) is 51.5 Å². The van der Waals surface area contributed by atoms with Crippen LogP contribution in [0.5, 0.6) is 0 Å². The number of unbranched alkanes of at least 4 members (excludes halogenated alkanes) is 1. The summed E-state index contributed by atoms with van der Waals surface area (Å²) in [6.45, 7) is 11.9. The summed E-state index contributed by atoms with van der Waals surface area (Å²) in [6.07, 6.45) is 2.00. The third-order valence-electron chi connectivity index (χ3n) is 5.08. The molecule has 2 rings (SSSR count). The number of nitrogens with zero attached hydrogens (tertiary/aromatic N) is 2. The van der Waals surface area contributed by atoms with Crippen LogP contribution in [0.1, 0.15) is 71.3 Å². The standard InChI is InChI=1S/C23H32N2O3/c1-6-9-15-24(7-2)22(26)20-17(4)21(23(27)28-8-3)25(18(20)5)16-19-13-11-10-12-14-19/h10-14H,6-9,15-16H2,1-5H3. The van der Waals surface area contributed by atoms with Crippen molar-refractivity contribution in [2.45, 2.75) is 54.0 Å². The third-order valence-corrected chi connectivity index (χ3v) is 5.08. The van der Waals surface area contributed by atoms with Crippen LogP contribution < -0.4 is 0 Å². The molecule has 0 saturated carbocycles. The minimum Gasteiger partial charge on any atom is -0.461 e. The van der Waals surface area contributed by atoms with Gasteiger partial charge in [-0.05, 0) is 45.2 Å². The van der Waals surface area contributed by atoms with Gasteiger partial charge in [-0.1, -0.05) is 43.7 Å². The van der Waals surface area contributed by atoms with Gasteiger partial charge in [0.15, 0.2) is 0 Å². The van der Waals surface area contributed by atoms with Gasteiger partial charge in [0.25, 0.3) is 5.91 Å². The molecule has 2 aromatic rings. The van der Waals surface area contributed by atoms with E-state index in [9.17, 15) is 9.59 Å². The van der Waals surface area contributed by atoms with Crippen molar-refractivity contribution >= 4 is 11.9 Å². The molecule has 1 amide bonds. The number of hydrogen-bond donors (Lipinski definition) is 0. The minimum atomic E-state index is -0.380. The third kappa shape index (κ3) is 4.64. The minimum absolute atomic E-state index is 0.0108. The molecule has 5 nitrogen and oxygen atoms in total. The van der Waals surface area contributed by atoms with E-state index in [1.807, 2.05) is 60.6 Å². The van der Waals surface area contributed by atoms with Crippen molar-refractivity contribution in [3.05, 3.63) is 58.4 Å². The molecule has 152 valence electrons. The van der Waals surface area contributed by atoms with E-state index >= 15 is 0 Å². The molecule has 1 heterocycles. The Bertz CT molecular complexity index is 809. The summed E-state index contributed by atoms with van der Waals surface area (Å²) in [6, 6.07) is 9.95. The van der Waals surface area contributed by atoms with Crippen LogP contribution in [0.25, 0.3) is 0 Å². The molecule has 0 N–H and O–H groups in total. The lowest BCUT2D eigenvalue weighted by Gasteiger charge is -2.21. The van der Waals surface area contributed by atoms with Crippen molar-refractivity contribution in [2.24, 2.45) is 0 Å². The SMILES string of the molecule is CCCCN(CC)C(=O)c1c(C)c(C(=O)OCC)n(Cc2ccccc2)c1C. The average molecular weight is 385 g/mol. The van der Waals surface area contributed by atoms with Crippen LogP contribution in [0.2, 0.25) is 0 Å². The molecule has 0 radical (unpaired) electrons. The Morgan fingerprint density at radius 3 is 2.32 bits per heavy atom. The van der Waals surface area contributed by atoms with Crippen molar-refractivity contribution in [1.29, 1.82) is 0 Å². The Labute approximate surface area is 168 Å². The zero-order chi connectivity index (χ0) is 20.7. The quantitative estimate of drug-likeness (QED) is 0.594. The van der Waals surface area contributed by atoms with Gasteiger partial charge in [-0.2, -0.15) is 0 Å². The van der Waals surface area contributed by atoms with Gasteiger partial charge >= 0.3 is 5.97 Å². The predicted molar refractivity (Wildman–Crippen MR) is 112 cm³/mol. The van der Waals surface area contributed by atoms with Gasteiger partial charge in [0.05, 0.1) is 12.2 Å². The van der Waals surface area contributed by atoms with Crippen LogP contribution in [0.4, 0.5) is 0 Å². The molecule has 0 bridgehead atoms. The number of amides is 1. The fourth-order valence-corrected chi connectivity index (χ4v) is 3.55. The van der Waals surface area contributed by atoms with Gasteiger partial charge in [-0.15, -0.1) is 0 Å². The first-order chi connectivity index (χ1) is 13.5. The first-order valence-electron chi connectivity index (χ1n) is 10.2. The summed E-state index contributed by atoms with van der Waals surface area (Å²) in [5, 5.41) is 0. The number of rotatable bonds is 9. The number of aromatic nitrogens is 1. The highest BCUT2D eigenvalue weighted by molar-refractivity contribution is 6.01. The zero-order valence-corrected chi connectivity index (χ0v) is 17.7. The van der Waals surface area contributed by atoms with Gasteiger partial charge in [0.2, 0.25) is 0 Å². The van der Waals surface area contributed by atoms with Crippen molar-refractivity contribution < 1.29 is 14.3 Å². The molecule has 1 aromatic heterocycles. The van der Waals surface area contributed by atoms with Crippen LogP contribution in [0, 0.1) is 13.8 Å². The maximum atomic E-state index is 13.3. The van der Waals surface area contributed by atoms with Crippen molar-refractivity contribution in [1.82, 2.24) is 9.47 Å². The molecule has 28 heavy (non-hydrogen) atoms. The van der Waals surface area contributed by atoms with Gasteiger partial charge in [-0.3, -0.25) is 4.79 Å². The van der Waals surface area contributed by atoms with E-state index in [1.54, 1.807) is 6.92 Å². The van der Waals surface area contributed by atoms with Gasteiger partial charge in [-0.25, -0.2) is 4.79 Å². The van der Waals surface area contributed by atoms with E-state index in [2.05, 4.69) is 6.92 Å². The highest BCUT2D eigenvalue weighted by Crippen LogP contribution is 2.26. The number of ether oxygens (including phenoxy) is 1. The summed E-state index contributed by atoms with van der Waals surface area (Å²) < 4.78 is 7.22. The number of hydrogen-bond acceptors (Lipinski definition) is 3. The maximum absolute atomic E-state index is 13.3. The number of esters is 1. The van der Waals surface area contributed by atoms with E-state index < -0.39 is 0 Å². The van der Waals surface area contributed by atoms with Gasteiger partial charge in [0, 0.05) is 25.3 Å². The van der Waals surface area contributed by atoms with Crippen LogP contribution in [-0.4, -0.2) is 41.0 Å². The van der Waals surface area contributed by atoms with E-state index in [0.717, 1.165) is 30.6 Å². The molecule has 0 fully saturated rings. The summed E-state index contributed by atoms with van der Waals surface area (Å²) >= 11 is 0. The molecule has 0 spiro atoms. The van der Waals surface area contributed by atoms with Crippen LogP contribution in [-0.2, 0) is 11.3 Å². The van der Waals surface area contributed by atoms with Crippen molar-refractivity contribution in [3.8, 4) is 0 Å². The summed E-state index contributed by atoms with van der Waals surface area (Å²) in [4.78, 5) is 27.9. The van der Waals surface area contributed by atoms with Crippen molar-refractivity contribution in [2.75, 3.05) is 19.7 Å². The fraction of sp³-hybridized carbons (Fsp3) is 0.478. The predicted octanol–water partition coefficient (Wildman–Crippen LogP) is 4.59. The Balaban J connectivity index is 2.53. The molecule has 0 unspecified atom stereocenters.